The summed E-state index contributed by atoms with van der Waals surface area (Å²) in [5, 5.41) is 0. The molecule has 0 spiro atoms. The predicted octanol–water partition coefficient (Wildman–Crippen LogP) is 3.89. The van der Waals surface area contributed by atoms with Crippen LogP contribution in [-0.2, 0) is 0 Å². The number of hydrogen-bond donors (Lipinski definition) is 1. The smallest absolute Gasteiger partial charge is 0.137 e. The summed E-state index contributed by atoms with van der Waals surface area (Å²) in [5.41, 5.74) is 2.42. The summed E-state index contributed by atoms with van der Waals surface area (Å²) < 4.78 is 19.0. The van der Waals surface area contributed by atoms with Gasteiger partial charge in [-0.25, -0.2) is 9.37 Å². The van der Waals surface area contributed by atoms with Crippen LogP contribution in [0.1, 0.15) is 0 Å². The number of nitrogens with one attached hydrogen (secondary N) is 1. The van der Waals surface area contributed by atoms with Gasteiger partial charge < -0.3 is 9.72 Å². The molecule has 3 rings (SSSR count). The molecule has 1 N–H and O–H groups in total. The summed E-state index contributed by atoms with van der Waals surface area (Å²) in [6.07, 6.45) is 3.41. The third kappa shape index (κ3) is 2.16. The van der Waals surface area contributed by atoms with E-state index in [0.717, 1.165) is 16.7 Å². The SMILES string of the molecule is COc1ccccc1-c1cc(F)ccc1-c1ncc[nH]1. The van der Waals surface area contributed by atoms with Crippen molar-refractivity contribution in [2.75, 3.05) is 7.11 Å². The van der Waals surface area contributed by atoms with Crippen LogP contribution >= 0.6 is 0 Å². The van der Waals surface area contributed by atoms with Crippen molar-refractivity contribution >= 4 is 0 Å². The molecule has 0 bridgehead atoms. The minimum atomic E-state index is -0.291. The van der Waals surface area contributed by atoms with Crippen molar-refractivity contribution < 1.29 is 9.13 Å². The van der Waals surface area contributed by atoms with E-state index in [1.807, 2.05) is 24.3 Å². The number of aromatic amines is 1. The van der Waals surface area contributed by atoms with E-state index in [4.69, 9.17) is 4.74 Å². The number of benzene rings is 2. The molecule has 3 nitrogen and oxygen atoms in total. The van der Waals surface area contributed by atoms with Crippen LogP contribution in [0.2, 0.25) is 0 Å². The second-order valence-corrected chi connectivity index (χ2v) is 4.33. The van der Waals surface area contributed by atoms with Crippen LogP contribution in [0.5, 0.6) is 5.75 Å². The molecule has 0 unspecified atom stereocenters. The van der Waals surface area contributed by atoms with E-state index >= 15 is 0 Å². The summed E-state index contributed by atoms with van der Waals surface area (Å²) in [7, 11) is 1.60. The van der Waals surface area contributed by atoms with Gasteiger partial charge in [-0.05, 0) is 29.8 Å². The number of hydrogen-bond acceptors (Lipinski definition) is 2. The zero-order valence-electron chi connectivity index (χ0n) is 10.9. The van der Waals surface area contributed by atoms with Crippen molar-refractivity contribution in [2.45, 2.75) is 0 Å². The standard InChI is InChI=1S/C16H13FN2O/c1-20-15-5-3-2-4-12(15)14-10-11(17)6-7-13(14)16-18-8-9-19-16/h2-10H,1H3,(H,18,19). The number of H-pyrrole nitrogens is 1. The molecule has 1 aromatic heterocycles. The molecule has 0 aliphatic carbocycles. The fourth-order valence-corrected chi connectivity index (χ4v) is 2.23. The highest BCUT2D eigenvalue weighted by Crippen LogP contribution is 2.36. The number of imidazole rings is 1. The number of halogens is 1. The number of para-hydroxylation sites is 1. The number of rotatable bonds is 3. The Kier molecular flexibility index (Phi) is 3.21. The van der Waals surface area contributed by atoms with Gasteiger partial charge in [0.1, 0.15) is 17.4 Å². The van der Waals surface area contributed by atoms with E-state index in [9.17, 15) is 4.39 Å². The quantitative estimate of drug-likeness (QED) is 0.782. The highest BCUT2D eigenvalue weighted by molar-refractivity contribution is 5.83. The fourth-order valence-electron chi connectivity index (χ4n) is 2.23. The first-order valence-corrected chi connectivity index (χ1v) is 6.22. The van der Waals surface area contributed by atoms with Crippen molar-refractivity contribution in [3.63, 3.8) is 0 Å². The molecule has 0 saturated carbocycles. The Labute approximate surface area is 116 Å². The second-order valence-electron chi connectivity index (χ2n) is 4.33. The second kappa shape index (κ2) is 5.17. The van der Waals surface area contributed by atoms with Gasteiger partial charge in [0, 0.05) is 23.5 Å². The third-order valence-corrected chi connectivity index (χ3v) is 3.13. The van der Waals surface area contributed by atoms with Crippen LogP contribution in [0.25, 0.3) is 22.5 Å². The molecule has 0 aliphatic rings. The Morgan fingerprint density at radius 2 is 1.90 bits per heavy atom. The maximum Gasteiger partial charge on any atom is 0.137 e. The van der Waals surface area contributed by atoms with Crippen LogP contribution in [0, 0.1) is 5.82 Å². The summed E-state index contributed by atoms with van der Waals surface area (Å²) in [6.45, 7) is 0. The Morgan fingerprint density at radius 3 is 2.65 bits per heavy atom. The van der Waals surface area contributed by atoms with E-state index in [2.05, 4.69) is 9.97 Å². The molecule has 2 aromatic carbocycles. The largest absolute Gasteiger partial charge is 0.496 e. The molecule has 1 heterocycles. The van der Waals surface area contributed by atoms with Gasteiger partial charge in [0.15, 0.2) is 0 Å². The lowest BCUT2D eigenvalue weighted by Gasteiger charge is -2.12. The molecule has 0 saturated heterocycles. The number of methoxy groups -OCH3 is 1. The molecule has 0 fully saturated rings. The molecular weight excluding hydrogens is 255 g/mol. The summed E-state index contributed by atoms with van der Waals surface area (Å²) >= 11 is 0. The minimum Gasteiger partial charge on any atom is -0.496 e. The molecule has 4 heteroatoms. The lowest BCUT2D eigenvalue weighted by Crippen LogP contribution is -1.92. The molecule has 0 radical (unpaired) electrons. The van der Waals surface area contributed by atoms with Gasteiger partial charge in [0.2, 0.25) is 0 Å². The zero-order valence-corrected chi connectivity index (χ0v) is 10.9. The summed E-state index contributed by atoms with van der Waals surface area (Å²) in [4.78, 5) is 7.29. The van der Waals surface area contributed by atoms with E-state index in [-0.39, 0.29) is 5.82 Å². The van der Waals surface area contributed by atoms with Crippen molar-refractivity contribution in [2.24, 2.45) is 0 Å². The fraction of sp³-hybridized carbons (Fsp3) is 0.0625. The Hall–Kier alpha value is -2.62. The van der Waals surface area contributed by atoms with Gasteiger partial charge in [-0.15, -0.1) is 0 Å². The zero-order chi connectivity index (χ0) is 13.9. The van der Waals surface area contributed by atoms with Gasteiger partial charge in [0.25, 0.3) is 0 Å². The van der Waals surface area contributed by atoms with Crippen LogP contribution in [0.3, 0.4) is 0 Å². The lowest BCUT2D eigenvalue weighted by molar-refractivity contribution is 0.416. The first kappa shape index (κ1) is 12.4. The topological polar surface area (TPSA) is 37.9 Å². The number of ether oxygens (including phenoxy) is 1. The van der Waals surface area contributed by atoms with Gasteiger partial charge in [-0.1, -0.05) is 18.2 Å². The highest BCUT2D eigenvalue weighted by Gasteiger charge is 2.13. The molecule has 3 aromatic rings. The average Bonchev–Trinajstić information content (AvgIpc) is 3.01. The van der Waals surface area contributed by atoms with E-state index in [1.54, 1.807) is 25.6 Å². The van der Waals surface area contributed by atoms with Crippen LogP contribution in [0.15, 0.2) is 54.9 Å². The van der Waals surface area contributed by atoms with Crippen LogP contribution < -0.4 is 4.74 Å². The summed E-state index contributed by atoms with van der Waals surface area (Å²) in [5.74, 6) is 1.11. The molecule has 0 aliphatic heterocycles. The predicted molar refractivity (Wildman–Crippen MR) is 76.0 cm³/mol. The average molecular weight is 268 g/mol. The van der Waals surface area contributed by atoms with Crippen molar-refractivity contribution in [3.8, 4) is 28.3 Å². The van der Waals surface area contributed by atoms with Crippen molar-refractivity contribution in [1.29, 1.82) is 0 Å². The normalized spacial score (nSPS) is 10.5. The first-order chi connectivity index (χ1) is 9.79. The Balaban J connectivity index is 2.25. The first-order valence-electron chi connectivity index (χ1n) is 6.22. The Bertz CT molecular complexity index is 723. The molecular formula is C16H13FN2O. The van der Waals surface area contributed by atoms with E-state index in [0.29, 0.717) is 11.6 Å². The van der Waals surface area contributed by atoms with Crippen molar-refractivity contribution in [1.82, 2.24) is 9.97 Å². The van der Waals surface area contributed by atoms with Crippen LogP contribution in [0.4, 0.5) is 4.39 Å². The minimum absolute atomic E-state index is 0.291. The molecule has 0 amide bonds. The van der Waals surface area contributed by atoms with Gasteiger partial charge >= 0.3 is 0 Å². The van der Waals surface area contributed by atoms with Crippen LogP contribution in [-0.4, -0.2) is 17.1 Å². The van der Waals surface area contributed by atoms with Crippen molar-refractivity contribution in [3.05, 3.63) is 60.7 Å². The van der Waals surface area contributed by atoms with E-state index < -0.39 is 0 Å². The van der Waals surface area contributed by atoms with E-state index in [1.165, 1.54) is 12.1 Å². The van der Waals surface area contributed by atoms with Gasteiger partial charge in [-0.3, -0.25) is 0 Å². The maximum atomic E-state index is 13.6. The van der Waals surface area contributed by atoms with Gasteiger partial charge in [-0.2, -0.15) is 0 Å². The molecule has 0 atom stereocenters. The van der Waals surface area contributed by atoms with Gasteiger partial charge in [0.05, 0.1) is 7.11 Å². The number of aromatic nitrogens is 2. The summed E-state index contributed by atoms with van der Waals surface area (Å²) in [6, 6.07) is 12.2. The number of nitrogens with zero attached hydrogens (tertiary/aromatic N) is 1. The maximum absolute atomic E-state index is 13.6. The molecule has 100 valence electrons. The third-order valence-electron chi connectivity index (χ3n) is 3.13. The monoisotopic (exact) mass is 268 g/mol. The lowest BCUT2D eigenvalue weighted by atomic mass is 9.98. The highest BCUT2D eigenvalue weighted by atomic mass is 19.1. The molecule has 20 heavy (non-hydrogen) atoms. The Morgan fingerprint density at radius 1 is 1.05 bits per heavy atom.